The molecule has 3 atom stereocenters. The summed E-state index contributed by atoms with van der Waals surface area (Å²) in [6, 6.07) is 15.9. The second kappa shape index (κ2) is 9.50. The van der Waals surface area contributed by atoms with Crippen LogP contribution in [0.4, 0.5) is 4.39 Å². The fourth-order valence-corrected chi connectivity index (χ4v) is 5.11. The van der Waals surface area contributed by atoms with Crippen molar-refractivity contribution in [3.05, 3.63) is 77.4 Å². The average Bonchev–Trinajstić information content (AvgIpc) is 3.60. The lowest BCUT2D eigenvalue weighted by Gasteiger charge is -2.29. The molecule has 0 radical (unpaired) electrons. The smallest absolute Gasteiger partial charge is 0.234 e. The molecule has 2 aliphatic heterocycles. The number of hydrogen-bond donors (Lipinski definition) is 1. The Morgan fingerprint density at radius 1 is 1.19 bits per heavy atom. The molecule has 1 aromatic heterocycles. The molecule has 0 bridgehead atoms. The van der Waals surface area contributed by atoms with Crippen molar-refractivity contribution in [2.45, 2.75) is 58.2 Å². The van der Waals surface area contributed by atoms with E-state index >= 15 is 0 Å². The second-order valence-corrected chi connectivity index (χ2v) is 10.0. The maximum absolute atomic E-state index is 14.2. The Hall–Kier alpha value is -3.52. The van der Waals surface area contributed by atoms with Gasteiger partial charge in [0.25, 0.3) is 0 Å². The number of aromatic nitrogens is 1. The van der Waals surface area contributed by atoms with Gasteiger partial charge in [-0.3, -0.25) is 4.79 Å². The van der Waals surface area contributed by atoms with Gasteiger partial charge >= 0.3 is 0 Å². The molecule has 1 saturated heterocycles. The predicted octanol–water partition coefficient (Wildman–Crippen LogP) is 5.33. The number of aliphatic imine (C=N–C) groups is 1. The van der Waals surface area contributed by atoms with Crippen molar-refractivity contribution in [1.82, 2.24) is 15.5 Å². The monoisotopic (exact) mass is 490 g/mol. The Labute approximate surface area is 210 Å². The molecule has 7 nitrogen and oxygen atoms in total. The zero-order chi connectivity index (χ0) is 25.4. The van der Waals surface area contributed by atoms with Gasteiger partial charge in [0.05, 0.1) is 11.7 Å². The van der Waals surface area contributed by atoms with E-state index in [1.807, 2.05) is 69.0 Å². The first-order valence-corrected chi connectivity index (χ1v) is 12.4. The number of nitrogens with zero attached hydrogens (tertiary/aromatic N) is 3. The number of carbonyl (C=O) groups excluding carboxylic acids is 1. The number of amides is 1. The summed E-state index contributed by atoms with van der Waals surface area (Å²) in [4.78, 5) is 26.4. The number of benzene rings is 2. The lowest BCUT2D eigenvalue weighted by Crippen LogP contribution is -2.46. The van der Waals surface area contributed by atoms with E-state index in [0.717, 1.165) is 29.7 Å². The van der Waals surface area contributed by atoms with Crippen LogP contribution in [-0.2, 0) is 15.4 Å². The third kappa shape index (κ3) is 4.41. The first-order valence-electron chi connectivity index (χ1n) is 12.4. The second-order valence-electron chi connectivity index (χ2n) is 10.0. The molecule has 0 saturated carbocycles. The van der Waals surface area contributed by atoms with Gasteiger partial charge in [-0.05, 0) is 44.2 Å². The highest BCUT2D eigenvalue weighted by Gasteiger charge is 2.43. The van der Waals surface area contributed by atoms with Gasteiger partial charge in [-0.25, -0.2) is 19.7 Å². The molecule has 5 rings (SSSR count). The third-order valence-corrected chi connectivity index (χ3v) is 7.03. The minimum atomic E-state index is -0.958. The number of hydroxylamine groups is 1. The van der Waals surface area contributed by atoms with Gasteiger partial charge in [0.2, 0.25) is 11.6 Å². The van der Waals surface area contributed by atoms with Crippen molar-refractivity contribution in [1.29, 1.82) is 0 Å². The molecule has 188 valence electrons. The van der Waals surface area contributed by atoms with E-state index in [-0.39, 0.29) is 23.7 Å². The van der Waals surface area contributed by atoms with Gasteiger partial charge < -0.3 is 9.42 Å². The standard InChI is InChI=1S/C28H31FN4O3/c1-17(2)25(24-16-18(3)31-35-24)27(34)33-15-7-10-23(33)26-30-28(4,36-32-26)20-13-11-19(12-14-20)21-8-5-6-9-22(21)29/h5-6,8-9,11-14,16-17,23,25H,7,10,15H2,1-4H3,(H,30,32). The van der Waals surface area contributed by atoms with E-state index in [9.17, 15) is 9.18 Å². The van der Waals surface area contributed by atoms with Gasteiger partial charge in [-0.1, -0.05) is 61.5 Å². The third-order valence-electron chi connectivity index (χ3n) is 7.03. The van der Waals surface area contributed by atoms with E-state index in [4.69, 9.17) is 14.4 Å². The van der Waals surface area contributed by atoms with E-state index in [2.05, 4.69) is 10.6 Å². The van der Waals surface area contributed by atoms with E-state index in [1.54, 1.807) is 12.1 Å². The Bertz CT molecular complexity index is 1290. The summed E-state index contributed by atoms with van der Waals surface area (Å²) in [5.74, 6) is 0.622. The summed E-state index contributed by atoms with van der Waals surface area (Å²) >= 11 is 0. The Balaban J connectivity index is 1.37. The first-order chi connectivity index (χ1) is 17.3. The Kier molecular flexibility index (Phi) is 6.38. The highest BCUT2D eigenvalue weighted by Crippen LogP contribution is 2.35. The Morgan fingerprint density at radius 2 is 1.94 bits per heavy atom. The summed E-state index contributed by atoms with van der Waals surface area (Å²) in [7, 11) is 0. The van der Waals surface area contributed by atoms with Crippen LogP contribution < -0.4 is 5.48 Å². The topological polar surface area (TPSA) is 80.0 Å². The zero-order valence-corrected chi connectivity index (χ0v) is 21.0. The molecule has 3 heterocycles. The number of amidine groups is 1. The van der Waals surface area contributed by atoms with Crippen molar-refractivity contribution in [3.63, 3.8) is 0 Å². The SMILES string of the molecule is Cc1cc(C(C(=O)N2CCCC2C2=NC(C)(c3ccc(-c4ccccc4F)cc3)ON2)C(C)C)on1. The van der Waals surface area contributed by atoms with Crippen LogP contribution in [0.1, 0.15) is 56.5 Å². The van der Waals surface area contributed by atoms with Crippen LogP contribution in [0.25, 0.3) is 11.1 Å². The van der Waals surface area contributed by atoms with Crippen molar-refractivity contribution in [2.75, 3.05) is 6.54 Å². The summed E-state index contributed by atoms with van der Waals surface area (Å²) in [5, 5.41) is 3.99. The summed E-state index contributed by atoms with van der Waals surface area (Å²) in [5.41, 5.74) is 4.96. The van der Waals surface area contributed by atoms with Crippen LogP contribution in [0.5, 0.6) is 0 Å². The van der Waals surface area contributed by atoms with Crippen LogP contribution in [0.2, 0.25) is 0 Å². The van der Waals surface area contributed by atoms with Gasteiger partial charge in [0, 0.05) is 23.7 Å². The number of rotatable bonds is 6. The molecule has 8 heteroatoms. The predicted molar refractivity (Wildman–Crippen MR) is 134 cm³/mol. The minimum absolute atomic E-state index is 0.0102. The molecule has 1 fully saturated rings. The van der Waals surface area contributed by atoms with Crippen molar-refractivity contribution in [3.8, 4) is 11.1 Å². The fraction of sp³-hybridized carbons (Fsp3) is 0.393. The van der Waals surface area contributed by atoms with E-state index in [1.165, 1.54) is 6.07 Å². The summed E-state index contributed by atoms with van der Waals surface area (Å²) in [6.07, 6.45) is 1.68. The highest BCUT2D eigenvalue weighted by molar-refractivity contribution is 5.94. The van der Waals surface area contributed by atoms with Gasteiger partial charge in [0.1, 0.15) is 23.3 Å². The molecule has 2 aliphatic rings. The largest absolute Gasteiger partial charge is 0.360 e. The van der Waals surface area contributed by atoms with Crippen LogP contribution in [0, 0.1) is 18.7 Å². The maximum atomic E-state index is 14.2. The van der Waals surface area contributed by atoms with Crippen LogP contribution in [-0.4, -0.2) is 34.4 Å². The van der Waals surface area contributed by atoms with Gasteiger partial charge in [-0.2, -0.15) is 0 Å². The molecule has 3 unspecified atom stereocenters. The minimum Gasteiger partial charge on any atom is -0.360 e. The molecular weight excluding hydrogens is 459 g/mol. The molecule has 36 heavy (non-hydrogen) atoms. The number of halogens is 1. The van der Waals surface area contributed by atoms with E-state index < -0.39 is 11.6 Å². The molecule has 3 aromatic rings. The molecule has 1 amide bonds. The summed E-state index contributed by atoms with van der Waals surface area (Å²) < 4.78 is 19.7. The van der Waals surface area contributed by atoms with Crippen molar-refractivity contribution < 1.29 is 18.5 Å². The average molecular weight is 491 g/mol. The van der Waals surface area contributed by atoms with E-state index in [0.29, 0.717) is 23.7 Å². The molecule has 0 spiro atoms. The van der Waals surface area contributed by atoms with Crippen LogP contribution in [0.15, 0.2) is 64.1 Å². The quantitative estimate of drug-likeness (QED) is 0.506. The number of carbonyl (C=O) groups is 1. The molecule has 0 aliphatic carbocycles. The first kappa shape index (κ1) is 24.2. The zero-order valence-electron chi connectivity index (χ0n) is 21.0. The summed E-state index contributed by atoms with van der Waals surface area (Å²) in [6.45, 7) is 8.41. The van der Waals surface area contributed by atoms with Crippen LogP contribution in [0.3, 0.4) is 0 Å². The lowest BCUT2D eigenvalue weighted by atomic mass is 9.91. The normalized spacial score (nSPS) is 22.6. The lowest BCUT2D eigenvalue weighted by molar-refractivity contribution is -0.134. The van der Waals surface area contributed by atoms with Gasteiger partial charge in [0.15, 0.2) is 0 Å². The highest BCUT2D eigenvalue weighted by atomic mass is 19.1. The number of hydrogen-bond acceptors (Lipinski definition) is 6. The Morgan fingerprint density at radius 3 is 2.61 bits per heavy atom. The maximum Gasteiger partial charge on any atom is 0.234 e. The van der Waals surface area contributed by atoms with Crippen LogP contribution >= 0.6 is 0 Å². The molecule has 1 N–H and O–H groups in total. The fourth-order valence-electron chi connectivity index (χ4n) is 5.11. The van der Waals surface area contributed by atoms with Crippen molar-refractivity contribution in [2.24, 2.45) is 10.9 Å². The van der Waals surface area contributed by atoms with Crippen molar-refractivity contribution >= 4 is 11.7 Å². The molecule has 2 aromatic carbocycles. The number of nitrogens with one attached hydrogen (secondary N) is 1. The van der Waals surface area contributed by atoms with Gasteiger partial charge in [-0.15, -0.1) is 0 Å². The molecular formula is C28H31FN4O3. The number of likely N-dealkylation sites (tertiary alicyclic amines) is 1. The number of aryl methyl sites for hydroxylation is 1.